The summed E-state index contributed by atoms with van der Waals surface area (Å²) < 4.78 is 3.85. The fraction of sp³-hybridized carbons (Fsp3) is 0.286. The van der Waals surface area contributed by atoms with Crippen molar-refractivity contribution in [3.8, 4) is 6.07 Å². The number of benzene rings is 1. The molecule has 21 heavy (non-hydrogen) atoms. The average molecular weight is 321 g/mol. The molecule has 0 saturated heterocycles. The van der Waals surface area contributed by atoms with Gasteiger partial charge in [-0.3, -0.25) is 4.79 Å². The molecule has 1 heterocycles. The van der Waals surface area contributed by atoms with Gasteiger partial charge in [-0.25, -0.2) is 0 Å². The summed E-state index contributed by atoms with van der Waals surface area (Å²) in [4.78, 5) is 12.8. The highest BCUT2D eigenvalue weighted by atomic mass is 35.5. The van der Waals surface area contributed by atoms with Crippen LogP contribution >= 0.6 is 23.1 Å². The summed E-state index contributed by atoms with van der Waals surface area (Å²) >= 11 is 6.94. The number of nitrogens with one attached hydrogen (secondary N) is 1. The highest BCUT2D eigenvalue weighted by Gasteiger charge is 2.26. The Kier molecular flexibility index (Phi) is 4.26. The molecule has 1 aromatic heterocycles. The van der Waals surface area contributed by atoms with Gasteiger partial charge in [-0.05, 0) is 29.7 Å². The standard InChI is InChI=1S/C14H13ClN4OS/c1-14(2,3)12-11(21-19-18-12)13(20)17-10-6-9(15)5-4-8(10)7-16/h4-6H,1-3H3,(H,17,20). The van der Waals surface area contributed by atoms with Gasteiger partial charge in [0.1, 0.15) is 10.9 Å². The molecule has 0 saturated carbocycles. The summed E-state index contributed by atoms with van der Waals surface area (Å²) in [5.41, 5.74) is 1.07. The molecule has 0 aliphatic rings. The van der Waals surface area contributed by atoms with Crippen molar-refractivity contribution in [2.24, 2.45) is 0 Å². The van der Waals surface area contributed by atoms with Crippen LogP contribution in [0.25, 0.3) is 0 Å². The van der Waals surface area contributed by atoms with Crippen molar-refractivity contribution in [2.75, 3.05) is 5.32 Å². The molecule has 0 aliphatic carbocycles. The predicted octanol–water partition coefficient (Wildman–Crippen LogP) is 3.61. The van der Waals surface area contributed by atoms with Gasteiger partial charge in [0, 0.05) is 10.4 Å². The van der Waals surface area contributed by atoms with Crippen LogP contribution in [0.15, 0.2) is 18.2 Å². The molecule has 1 aromatic carbocycles. The van der Waals surface area contributed by atoms with Crippen LogP contribution in [0, 0.1) is 11.3 Å². The molecule has 0 fully saturated rings. The van der Waals surface area contributed by atoms with Gasteiger partial charge in [0.2, 0.25) is 0 Å². The highest BCUT2D eigenvalue weighted by molar-refractivity contribution is 7.08. The van der Waals surface area contributed by atoms with E-state index in [0.29, 0.717) is 26.8 Å². The minimum Gasteiger partial charge on any atom is -0.320 e. The largest absolute Gasteiger partial charge is 0.320 e. The van der Waals surface area contributed by atoms with E-state index in [0.717, 1.165) is 11.5 Å². The van der Waals surface area contributed by atoms with Gasteiger partial charge in [0.05, 0.1) is 16.9 Å². The van der Waals surface area contributed by atoms with E-state index in [1.165, 1.54) is 0 Å². The maximum atomic E-state index is 12.4. The smallest absolute Gasteiger partial charge is 0.269 e. The lowest BCUT2D eigenvalue weighted by Gasteiger charge is -2.16. The van der Waals surface area contributed by atoms with Gasteiger partial charge in [0.25, 0.3) is 5.91 Å². The van der Waals surface area contributed by atoms with Crippen molar-refractivity contribution < 1.29 is 4.79 Å². The Morgan fingerprint density at radius 2 is 2.14 bits per heavy atom. The van der Waals surface area contributed by atoms with E-state index in [-0.39, 0.29) is 11.3 Å². The van der Waals surface area contributed by atoms with E-state index in [4.69, 9.17) is 16.9 Å². The van der Waals surface area contributed by atoms with Gasteiger partial charge in [0.15, 0.2) is 0 Å². The lowest BCUT2D eigenvalue weighted by molar-refractivity contribution is 0.102. The van der Waals surface area contributed by atoms with Gasteiger partial charge >= 0.3 is 0 Å². The third-order valence-electron chi connectivity index (χ3n) is 2.75. The fourth-order valence-corrected chi connectivity index (χ4v) is 2.67. The monoisotopic (exact) mass is 320 g/mol. The lowest BCUT2D eigenvalue weighted by atomic mass is 9.91. The van der Waals surface area contributed by atoms with E-state index in [2.05, 4.69) is 14.9 Å². The fourth-order valence-electron chi connectivity index (χ4n) is 1.73. The quantitative estimate of drug-likeness (QED) is 0.916. The number of hydrogen-bond acceptors (Lipinski definition) is 5. The normalized spacial score (nSPS) is 11.0. The van der Waals surface area contributed by atoms with Crippen LogP contribution in [-0.2, 0) is 5.41 Å². The van der Waals surface area contributed by atoms with Crippen molar-refractivity contribution in [3.63, 3.8) is 0 Å². The van der Waals surface area contributed by atoms with E-state index < -0.39 is 0 Å². The first-order valence-corrected chi connectivity index (χ1v) is 7.32. The summed E-state index contributed by atoms with van der Waals surface area (Å²) in [6.45, 7) is 5.88. The van der Waals surface area contributed by atoms with Gasteiger partial charge < -0.3 is 5.32 Å². The summed E-state index contributed by atoms with van der Waals surface area (Å²) in [5.74, 6) is -0.339. The minimum atomic E-state index is -0.339. The van der Waals surface area contributed by atoms with Crippen LogP contribution in [0.4, 0.5) is 5.69 Å². The highest BCUT2D eigenvalue weighted by Crippen LogP contribution is 2.27. The van der Waals surface area contributed by atoms with E-state index in [9.17, 15) is 4.79 Å². The molecule has 108 valence electrons. The number of carbonyl (C=O) groups is 1. The van der Waals surface area contributed by atoms with Crippen molar-refractivity contribution >= 4 is 34.7 Å². The minimum absolute atomic E-state index is 0.286. The van der Waals surface area contributed by atoms with Crippen molar-refractivity contribution in [1.82, 2.24) is 9.59 Å². The Morgan fingerprint density at radius 1 is 1.43 bits per heavy atom. The third kappa shape index (κ3) is 3.38. The first-order chi connectivity index (χ1) is 9.82. The van der Waals surface area contributed by atoms with Gasteiger partial charge in [-0.15, -0.1) is 5.10 Å². The maximum absolute atomic E-state index is 12.4. The summed E-state index contributed by atoms with van der Waals surface area (Å²) in [5, 5.41) is 16.2. The molecule has 0 bridgehead atoms. The van der Waals surface area contributed by atoms with E-state index in [1.807, 2.05) is 26.8 Å². The Bertz CT molecular complexity index is 727. The Balaban J connectivity index is 2.34. The number of nitrogens with zero attached hydrogens (tertiary/aromatic N) is 3. The van der Waals surface area contributed by atoms with Crippen molar-refractivity contribution in [2.45, 2.75) is 26.2 Å². The zero-order valence-electron chi connectivity index (χ0n) is 11.8. The molecule has 2 aromatic rings. The number of aromatic nitrogens is 2. The molecule has 7 heteroatoms. The molecule has 1 N–H and O–H groups in total. The molecule has 2 rings (SSSR count). The third-order valence-corrected chi connectivity index (χ3v) is 3.71. The number of carbonyl (C=O) groups excluding carboxylic acids is 1. The lowest BCUT2D eigenvalue weighted by Crippen LogP contribution is -2.20. The molecule has 0 spiro atoms. The van der Waals surface area contributed by atoms with Crippen molar-refractivity contribution in [1.29, 1.82) is 5.26 Å². The first kappa shape index (κ1) is 15.4. The number of anilines is 1. The van der Waals surface area contributed by atoms with Crippen LogP contribution in [0.3, 0.4) is 0 Å². The first-order valence-electron chi connectivity index (χ1n) is 6.17. The average Bonchev–Trinajstić information content (AvgIpc) is 2.88. The SMILES string of the molecule is CC(C)(C)c1nnsc1C(=O)Nc1cc(Cl)ccc1C#N. The van der Waals surface area contributed by atoms with Crippen LogP contribution in [0.5, 0.6) is 0 Å². The molecule has 5 nitrogen and oxygen atoms in total. The van der Waals surface area contributed by atoms with Crippen molar-refractivity contribution in [3.05, 3.63) is 39.4 Å². The number of rotatable bonds is 2. The second-order valence-corrected chi connectivity index (χ2v) is 6.65. The van der Waals surface area contributed by atoms with Crippen LogP contribution in [-0.4, -0.2) is 15.5 Å². The number of amides is 1. The maximum Gasteiger partial charge on any atom is 0.269 e. The van der Waals surface area contributed by atoms with Gasteiger partial charge in [-0.2, -0.15) is 5.26 Å². The molecule has 1 amide bonds. The Labute approximate surface area is 131 Å². The zero-order chi connectivity index (χ0) is 15.6. The Hall–Kier alpha value is -1.97. The number of halogens is 1. The molecular formula is C14H13ClN4OS. The predicted molar refractivity (Wildman–Crippen MR) is 82.7 cm³/mol. The molecule has 0 unspecified atom stereocenters. The zero-order valence-corrected chi connectivity index (χ0v) is 13.3. The van der Waals surface area contributed by atoms with Crippen LogP contribution in [0.2, 0.25) is 5.02 Å². The number of hydrogen-bond donors (Lipinski definition) is 1. The van der Waals surface area contributed by atoms with Crippen LogP contribution in [0.1, 0.15) is 41.7 Å². The van der Waals surface area contributed by atoms with Crippen LogP contribution < -0.4 is 5.32 Å². The molecular weight excluding hydrogens is 308 g/mol. The summed E-state index contributed by atoms with van der Waals surface area (Å²) in [7, 11) is 0. The summed E-state index contributed by atoms with van der Waals surface area (Å²) in [6, 6.07) is 6.73. The second kappa shape index (κ2) is 5.80. The number of nitriles is 1. The Morgan fingerprint density at radius 3 is 2.76 bits per heavy atom. The molecule has 0 atom stereocenters. The molecule has 0 aliphatic heterocycles. The van der Waals surface area contributed by atoms with Gasteiger partial charge in [-0.1, -0.05) is 36.9 Å². The van der Waals surface area contributed by atoms with E-state index in [1.54, 1.807) is 18.2 Å². The second-order valence-electron chi connectivity index (χ2n) is 5.46. The molecule has 0 radical (unpaired) electrons. The van der Waals surface area contributed by atoms with E-state index >= 15 is 0 Å². The summed E-state index contributed by atoms with van der Waals surface area (Å²) in [6.07, 6.45) is 0. The topological polar surface area (TPSA) is 78.7 Å².